The number of hydrogen-bond acceptors (Lipinski definition) is 4. The maximum absolute atomic E-state index is 14.6. The van der Waals surface area contributed by atoms with Gasteiger partial charge in [0.25, 0.3) is 0 Å². The molecule has 3 aromatic rings. The zero-order valence-electron chi connectivity index (χ0n) is 20.1. The van der Waals surface area contributed by atoms with Gasteiger partial charge in [-0.2, -0.15) is 0 Å². The first-order valence-corrected chi connectivity index (χ1v) is 11.5. The molecule has 1 saturated heterocycles. The van der Waals surface area contributed by atoms with Gasteiger partial charge in [-0.3, -0.25) is 9.59 Å². The Balaban J connectivity index is 1.42. The number of carbonyl (C=O) groups excluding carboxylic acids is 2. The van der Waals surface area contributed by atoms with E-state index in [1.165, 1.54) is 24.3 Å². The van der Waals surface area contributed by atoms with E-state index < -0.39 is 5.54 Å². The van der Waals surface area contributed by atoms with Crippen LogP contribution in [0.25, 0.3) is 11.0 Å². The fraction of sp³-hybridized carbons (Fsp3) is 0.423. The summed E-state index contributed by atoms with van der Waals surface area (Å²) >= 11 is 0. The van der Waals surface area contributed by atoms with E-state index in [1.54, 1.807) is 24.1 Å². The Bertz CT molecular complexity index is 1200. The van der Waals surface area contributed by atoms with Crippen LogP contribution < -0.4 is 10.1 Å². The number of imidazole rings is 1. The Hall–Kier alpha value is -3.42. The maximum atomic E-state index is 14.6. The highest BCUT2D eigenvalue weighted by Crippen LogP contribution is 2.31. The molecule has 2 aromatic carbocycles. The zero-order valence-corrected chi connectivity index (χ0v) is 20.1. The van der Waals surface area contributed by atoms with Crippen molar-refractivity contribution in [3.63, 3.8) is 0 Å². The predicted octanol–water partition coefficient (Wildman–Crippen LogP) is 3.96. The zero-order chi connectivity index (χ0) is 24.5. The second kappa shape index (κ2) is 9.44. The fourth-order valence-corrected chi connectivity index (χ4v) is 4.59. The second-order valence-electron chi connectivity index (χ2n) is 9.35. The minimum Gasteiger partial charge on any atom is -0.497 e. The van der Waals surface area contributed by atoms with Crippen molar-refractivity contribution in [1.82, 2.24) is 20.2 Å². The van der Waals surface area contributed by atoms with Crippen LogP contribution in [0.5, 0.6) is 5.75 Å². The molecule has 1 unspecified atom stereocenters. The largest absolute Gasteiger partial charge is 0.497 e. The van der Waals surface area contributed by atoms with Crippen molar-refractivity contribution in [1.29, 1.82) is 0 Å². The third kappa shape index (κ3) is 5.05. The highest BCUT2D eigenvalue weighted by molar-refractivity contribution is 5.80. The summed E-state index contributed by atoms with van der Waals surface area (Å²) in [7, 11) is 3.23. The van der Waals surface area contributed by atoms with E-state index in [-0.39, 0.29) is 24.1 Å². The van der Waals surface area contributed by atoms with Gasteiger partial charge in [-0.15, -0.1) is 0 Å². The summed E-state index contributed by atoms with van der Waals surface area (Å²) in [4.78, 5) is 34.5. The molecule has 180 valence electrons. The fourth-order valence-electron chi connectivity index (χ4n) is 4.59. The third-order valence-corrected chi connectivity index (χ3v) is 6.80. The van der Waals surface area contributed by atoms with Crippen LogP contribution in [-0.4, -0.2) is 46.4 Å². The van der Waals surface area contributed by atoms with Crippen LogP contribution in [0.4, 0.5) is 4.39 Å². The van der Waals surface area contributed by atoms with Crippen LogP contribution in [0.1, 0.15) is 48.2 Å². The molecule has 2 amide bonds. The van der Waals surface area contributed by atoms with Crippen molar-refractivity contribution in [2.75, 3.05) is 14.2 Å². The molecule has 1 aliphatic heterocycles. The molecule has 1 aromatic heterocycles. The molecule has 0 saturated carbocycles. The number of hydrogen-bond donors (Lipinski definition) is 2. The Morgan fingerprint density at radius 1 is 1.24 bits per heavy atom. The van der Waals surface area contributed by atoms with E-state index in [9.17, 15) is 14.0 Å². The summed E-state index contributed by atoms with van der Waals surface area (Å²) in [5.74, 6) is 0.670. The average Bonchev–Trinajstić information content (AvgIpc) is 3.36. The monoisotopic (exact) mass is 466 g/mol. The van der Waals surface area contributed by atoms with Crippen molar-refractivity contribution in [2.45, 2.75) is 58.0 Å². The van der Waals surface area contributed by atoms with Gasteiger partial charge in [0.05, 0.1) is 24.7 Å². The van der Waals surface area contributed by atoms with Gasteiger partial charge in [0, 0.05) is 31.5 Å². The number of nitrogens with zero attached hydrogens (tertiary/aromatic N) is 2. The van der Waals surface area contributed by atoms with E-state index in [1.807, 2.05) is 13.0 Å². The number of aromatic amines is 1. The lowest BCUT2D eigenvalue weighted by molar-refractivity contribution is -0.131. The lowest BCUT2D eigenvalue weighted by atomic mass is 9.84. The number of nitrogens with one attached hydrogen (secondary N) is 2. The van der Waals surface area contributed by atoms with Crippen LogP contribution in [0.15, 0.2) is 30.3 Å². The molecule has 0 spiro atoms. The van der Waals surface area contributed by atoms with E-state index in [0.29, 0.717) is 43.5 Å². The first-order valence-electron chi connectivity index (χ1n) is 11.5. The molecule has 8 heteroatoms. The second-order valence-corrected chi connectivity index (χ2v) is 9.35. The van der Waals surface area contributed by atoms with Gasteiger partial charge in [0.1, 0.15) is 17.4 Å². The van der Waals surface area contributed by atoms with Crippen LogP contribution >= 0.6 is 0 Å². The molecule has 0 radical (unpaired) electrons. The minimum atomic E-state index is -0.641. The van der Waals surface area contributed by atoms with Gasteiger partial charge < -0.3 is 19.9 Å². The standard InChI is InChI=1S/C26H31FN4O3/c1-16-11-21-22(12-17(16)2)29-23(28-21)15-31(3)25(33)8-10-26(9-7-24(32)30-26)14-18-5-6-19(34-4)13-20(18)27/h5-6,11-13H,7-10,14-15H2,1-4H3,(H,28,29)(H,30,32). The van der Waals surface area contributed by atoms with Crippen molar-refractivity contribution in [3.8, 4) is 5.75 Å². The van der Waals surface area contributed by atoms with Gasteiger partial charge in [-0.25, -0.2) is 9.37 Å². The molecular formula is C26H31FN4O3. The number of ether oxygens (including phenoxy) is 1. The smallest absolute Gasteiger partial charge is 0.222 e. The minimum absolute atomic E-state index is 0.0523. The summed E-state index contributed by atoms with van der Waals surface area (Å²) in [6, 6.07) is 8.83. The molecular weight excluding hydrogens is 435 g/mol. The Kier molecular flexibility index (Phi) is 6.59. The summed E-state index contributed by atoms with van der Waals surface area (Å²) < 4.78 is 19.7. The summed E-state index contributed by atoms with van der Waals surface area (Å²) in [6.45, 7) is 4.46. The van der Waals surface area contributed by atoms with Gasteiger partial charge in [-0.1, -0.05) is 6.07 Å². The summed E-state index contributed by atoms with van der Waals surface area (Å²) in [6.07, 6.45) is 1.95. The normalized spacial score (nSPS) is 17.7. The van der Waals surface area contributed by atoms with Crippen molar-refractivity contribution < 1.29 is 18.7 Å². The van der Waals surface area contributed by atoms with Crippen LogP contribution in [0, 0.1) is 19.7 Å². The molecule has 7 nitrogen and oxygen atoms in total. The number of halogens is 1. The van der Waals surface area contributed by atoms with Crippen LogP contribution in [0.3, 0.4) is 0 Å². The molecule has 4 rings (SSSR count). The summed E-state index contributed by atoms with van der Waals surface area (Å²) in [5, 5.41) is 3.02. The van der Waals surface area contributed by atoms with Gasteiger partial charge >= 0.3 is 0 Å². The van der Waals surface area contributed by atoms with Gasteiger partial charge in [0.15, 0.2) is 0 Å². The Morgan fingerprint density at radius 3 is 2.68 bits per heavy atom. The number of carbonyl (C=O) groups is 2. The summed E-state index contributed by atoms with van der Waals surface area (Å²) in [5.41, 5.74) is 4.05. The highest BCUT2D eigenvalue weighted by atomic mass is 19.1. The quantitative estimate of drug-likeness (QED) is 0.526. The molecule has 34 heavy (non-hydrogen) atoms. The molecule has 1 fully saturated rings. The number of H-pyrrole nitrogens is 1. The Morgan fingerprint density at radius 2 is 2.00 bits per heavy atom. The lowest BCUT2D eigenvalue weighted by Crippen LogP contribution is -2.44. The number of aromatic nitrogens is 2. The van der Waals surface area contributed by atoms with Crippen LogP contribution in [-0.2, 0) is 22.6 Å². The molecule has 1 aliphatic rings. The average molecular weight is 467 g/mol. The van der Waals surface area contributed by atoms with Crippen molar-refractivity contribution in [3.05, 3.63) is 58.7 Å². The molecule has 2 heterocycles. The molecule has 0 bridgehead atoms. The molecule has 2 N–H and O–H groups in total. The lowest BCUT2D eigenvalue weighted by Gasteiger charge is -2.30. The SMILES string of the molecule is COc1ccc(CC2(CCC(=O)N(C)Cc3nc4cc(C)c(C)cc4[nH]3)CCC(=O)N2)c(F)c1. The number of rotatable bonds is 8. The van der Waals surface area contributed by atoms with Gasteiger partial charge in [0.2, 0.25) is 11.8 Å². The number of fused-ring (bicyclic) bond motifs is 1. The van der Waals surface area contributed by atoms with E-state index >= 15 is 0 Å². The highest BCUT2D eigenvalue weighted by Gasteiger charge is 2.38. The van der Waals surface area contributed by atoms with E-state index in [4.69, 9.17) is 4.74 Å². The van der Waals surface area contributed by atoms with E-state index in [2.05, 4.69) is 28.3 Å². The van der Waals surface area contributed by atoms with Gasteiger partial charge in [-0.05, 0) is 68.0 Å². The third-order valence-electron chi connectivity index (χ3n) is 6.80. The van der Waals surface area contributed by atoms with Crippen molar-refractivity contribution in [2.24, 2.45) is 0 Å². The first kappa shape index (κ1) is 23.7. The Labute approximate surface area is 198 Å². The number of methoxy groups -OCH3 is 1. The number of amides is 2. The van der Waals surface area contributed by atoms with Crippen LogP contribution in [0.2, 0.25) is 0 Å². The van der Waals surface area contributed by atoms with E-state index in [0.717, 1.165) is 16.9 Å². The topological polar surface area (TPSA) is 87.3 Å². The predicted molar refractivity (Wildman–Crippen MR) is 128 cm³/mol. The first-order chi connectivity index (χ1) is 16.2. The van der Waals surface area contributed by atoms with Crippen molar-refractivity contribution >= 4 is 22.8 Å². The molecule has 0 aliphatic carbocycles. The number of aryl methyl sites for hydroxylation is 2. The number of benzene rings is 2. The molecule has 1 atom stereocenters. The maximum Gasteiger partial charge on any atom is 0.222 e.